The van der Waals surface area contributed by atoms with Crippen LogP contribution in [0.15, 0.2) is 60.8 Å². The Morgan fingerprint density at radius 3 is 2.64 bits per heavy atom. The van der Waals surface area contributed by atoms with Gasteiger partial charge in [0.25, 0.3) is 5.91 Å². The molecule has 0 unspecified atom stereocenters. The van der Waals surface area contributed by atoms with Gasteiger partial charge in [-0.25, -0.2) is 0 Å². The van der Waals surface area contributed by atoms with E-state index >= 15 is 0 Å². The Labute approximate surface area is 128 Å². The van der Waals surface area contributed by atoms with E-state index in [1.807, 2.05) is 30.3 Å². The van der Waals surface area contributed by atoms with E-state index in [-0.39, 0.29) is 5.91 Å². The van der Waals surface area contributed by atoms with Crippen molar-refractivity contribution in [1.29, 1.82) is 0 Å². The van der Waals surface area contributed by atoms with Crippen molar-refractivity contribution in [2.24, 2.45) is 0 Å². The van der Waals surface area contributed by atoms with Gasteiger partial charge in [-0.3, -0.25) is 9.78 Å². The van der Waals surface area contributed by atoms with Gasteiger partial charge in [-0.2, -0.15) is 0 Å². The summed E-state index contributed by atoms with van der Waals surface area (Å²) in [6.07, 6.45) is 1.12. The second-order valence-corrected chi connectivity index (χ2v) is 5.17. The lowest BCUT2D eigenvalue weighted by atomic mass is 10.1. The van der Waals surface area contributed by atoms with E-state index in [1.54, 1.807) is 37.4 Å². The van der Waals surface area contributed by atoms with Gasteiger partial charge in [-0.05, 0) is 36.1 Å². The number of amides is 1. The molecule has 1 aromatic heterocycles. The molecule has 0 radical (unpaired) electrons. The second-order valence-electron chi connectivity index (χ2n) is 5.17. The van der Waals surface area contributed by atoms with E-state index in [9.17, 15) is 9.90 Å². The summed E-state index contributed by atoms with van der Waals surface area (Å²) in [5.74, 6) is -0.270. The van der Waals surface area contributed by atoms with Gasteiger partial charge in [0.15, 0.2) is 0 Å². The maximum absolute atomic E-state index is 12.3. The van der Waals surface area contributed by atoms with Crippen LogP contribution < -0.4 is 5.32 Å². The molecule has 0 aliphatic heterocycles. The molecule has 1 amide bonds. The molecule has 0 aliphatic carbocycles. The van der Waals surface area contributed by atoms with Crippen LogP contribution >= 0.6 is 0 Å². The van der Waals surface area contributed by atoms with Crippen LogP contribution in [0, 0.1) is 0 Å². The molecule has 0 saturated heterocycles. The zero-order chi connectivity index (χ0) is 15.5. The zero-order valence-corrected chi connectivity index (χ0v) is 12.2. The van der Waals surface area contributed by atoms with Crippen molar-refractivity contribution < 1.29 is 9.90 Å². The lowest BCUT2D eigenvalue weighted by Crippen LogP contribution is -2.13. The van der Waals surface area contributed by atoms with Crippen LogP contribution in [0.4, 0.5) is 5.69 Å². The van der Waals surface area contributed by atoms with Crippen molar-refractivity contribution in [3.8, 4) is 0 Å². The average molecular weight is 292 g/mol. The Morgan fingerprint density at radius 1 is 1.09 bits per heavy atom. The van der Waals surface area contributed by atoms with E-state index in [0.29, 0.717) is 11.4 Å². The second kappa shape index (κ2) is 5.95. The molecular formula is C18H16N2O2. The Kier molecular flexibility index (Phi) is 3.85. The summed E-state index contributed by atoms with van der Waals surface area (Å²) in [7, 11) is 0. The lowest BCUT2D eigenvalue weighted by Gasteiger charge is -2.09. The number of rotatable bonds is 3. The molecule has 0 bridgehead atoms. The SMILES string of the molecule is C[C@@H](O)c1cccc(NC(=O)c2cc3ccccc3cn2)c1. The highest BCUT2D eigenvalue weighted by atomic mass is 16.3. The van der Waals surface area contributed by atoms with Crippen molar-refractivity contribution in [3.63, 3.8) is 0 Å². The Balaban J connectivity index is 1.85. The smallest absolute Gasteiger partial charge is 0.274 e. The van der Waals surface area contributed by atoms with Gasteiger partial charge in [0.05, 0.1) is 6.10 Å². The summed E-state index contributed by atoms with van der Waals surface area (Å²) in [6, 6.07) is 16.7. The van der Waals surface area contributed by atoms with Crippen molar-refractivity contribution in [2.75, 3.05) is 5.32 Å². The number of aromatic nitrogens is 1. The number of hydrogen-bond acceptors (Lipinski definition) is 3. The third kappa shape index (κ3) is 2.97. The topological polar surface area (TPSA) is 62.2 Å². The van der Waals surface area contributed by atoms with Gasteiger partial charge in [0, 0.05) is 17.3 Å². The fourth-order valence-electron chi connectivity index (χ4n) is 2.28. The molecule has 0 spiro atoms. The molecule has 4 heteroatoms. The first-order valence-corrected chi connectivity index (χ1v) is 7.07. The zero-order valence-electron chi connectivity index (χ0n) is 12.2. The molecule has 0 fully saturated rings. The number of aliphatic hydroxyl groups is 1. The highest BCUT2D eigenvalue weighted by Gasteiger charge is 2.09. The molecule has 3 aromatic rings. The number of nitrogens with one attached hydrogen (secondary N) is 1. The number of benzene rings is 2. The molecule has 3 rings (SSSR count). The van der Waals surface area contributed by atoms with E-state index in [2.05, 4.69) is 10.3 Å². The van der Waals surface area contributed by atoms with E-state index in [1.165, 1.54) is 0 Å². The van der Waals surface area contributed by atoms with Gasteiger partial charge in [-0.1, -0.05) is 36.4 Å². The summed E-state index contributed by atoms with van der Waals surface area (Å²) >= 11 is 0. The maximum atomic E-state index is 12.3. The maximum Gasteiger partial charge on any atom is 0.274 e. The van der Waals surface area contributed by atoms with Crippen molar-refractivity contribution >= 4 is 22.4 Å². The van der Waals surface area contributed by atoms with Crippen molar-refractivity contribution in [2.45, 2.75) is 13.0 Å². The van der Waals surface area contributed by atoms with Crippen LogP contribution in [0.2, 0.25) is 0 Å². The fraction of sp³-hybridized carbons (Fsp3) is 0.111. The normalized spacial score (nSPS) is 12.1. The third-order valence-electron chi connectivity index (χ3n) is 3.49. The standard InChI is InChI=1S/C18H16N2O2/c1-12(21)13-7-4-8-16(9-13)20-18(22)17-10-14-5-2-3-6-15(14)11-19-17/h2-12,21H,1H3,(H,20,22)/t12-/m1/s1. The minimum absolute atomic E-state index is 0.270. The van der Waals surface area contributed by atoms with Crippen molar-refractivity contribution in [3.05, 3.63) is 72.1 Å². The van der Waals surface area contributed by atoms with Gasteiger partial charge in [0.1, 0.15) is 5.69 Å². The highest BCUT2D eigenvalue weighted by molar-refractivity contribution is 6.04. The van der Waals surface area contributed by atoms with Crippen LogP contribution in [0.25, 0.3) is 10.8 Å². The van der Waals surface area contributed by atoms with Crippen LogP contribution in [0.3, 0.4) is 0 Å². The third-order valence-corrected chi connectivity index (χ3v) is 3.49. The quantitative estimate of drug-likeness (QED) is 0.776. The number of nitrogens with zero attached hydrogens (tertiary/aromatic N) is 1. The predicted molar refractivity (Wildman–Crippen MR) is 86.8 cm³/mol. The van der Waals surface area contributed by atoms with Gasteiger partial charge in [-0.15, -0.1) is 0 Å². The van der Waals surface area contributed by atoms with Crippen LogP contribution in [0.1, 0.15) is 29.1 Å². The molecule has 22 heavy (non-hydrogen) atoms. The van der Waals surface area contributed by atoms with Crippen LogP contribution in [-0.2, 0) is 0 Å². The number of aliphatic hydroxyl groups excluding tert-OH is 1. The summed E-state index contributed by atoms with van der Waals surface area (Å²) in [6.45, 7) is 1.69. The monoisotopic (exact) mass is 292 g/mol. The van der Waals surface area contributed by atoms with E-state index in [4.69, 9.17) is 0 Å². The predicted octanol–water partition coefficient (Wildman–Crippen LogP) is 3.54. The highest BCUT2D eigenvalue weighted by Crippen LogP contribution is 2.18. The molecule has 2 aromatic carbocycles. The number of hydrogen-bond donors (Lipinski definition) is 2. The lowest BCUT2D eigenvalue weighted by molar-refractivity contribution is 0.102. The average Bonchev–Trinajstić information content (AvgIpc) is 2.54. The summed E-state index contributed by atoms with van der Waals surface area (Å²) in [5, 5.41) is 14.4. The largest absolute Gasteiger partial charge is 0.389 e. The molecule has 1 heterocycles. The Morgan fingerprint density at radius 2 is 1.86 bits per heavy atom. The van der Waals surface area contributed by atoms with Gasteiger partial charge in [0.2, 0.25) is 0 Å². The Bertz CT molecular complexity index is 828. The molecule has 2 N–H and O–H groups in total. The number of pyridine rings is 1. The van der Waals surface area contributed by atoms with Crippen LogP contribution in [0.5, 0.6) is 0 Å². The fourth-order valence-corrected chi connectivity index (χ4v) is 2.28. The van der Waals surface area contributed by atoms with Crippen LogP contribution in [-0.4, -0.2) is 16.0 Å². The summed E-state index contributed by atoms with van der Waals surface area (Å²) in [5.41, 5.74) is 1.75. The van der Waals surface area contributed by atoms with Gasteiger partial charge >= 0.3 is 0 Å². The van der Waals surface area contributed by atoms with E-state index < -0.39 is 6.10 Å². The number of carbonyl (C=O) groups excluding carboxylic acids is 1. The number of carbonyl (C=O) groups is 1. The summed E-state index contributed by atoms with van der Waals surface area (Å²) in [4.78, 5) is 16.5. The van der Waals surface area contributed by atoms with E-state index in [0.717, 1.165) is 16.3 Å². The first-order chi connectivity index (χ1) is 10.6. The molecule has 4 nitrogen and oxygen atoms in total. The van der Waals surface area contributed by atoms with Gasteiger partial charge < -0.3 is 10.4 Å². The molecular weight excluding hydrogens is 276 g/mol. The summed E-state index contributed by atoms with van der Waals surface area (Å²) < 4.78 is 0. The number of anilines is 1. The molecule has 1 atom stereocenters. The first-order valence-electron chi connectivity index (χ1n) is 7.07. The van der Waals surface area contributed by atoms with Crippen molar-refractivity contribution in [1.82, 2.24) is 4.98 Å². The number of fused-ring (bicyclic) bond motifs is 1. The Hall–Kier alpha value is -2.72. The molecule has 110 valence electrons. The molecule has 0 saturated carbocycles. The minimum atomic E-state index is -0.573. The molecule has 0 aliphatic rings. The first kappa shape index (κ1) is 14.2. The minimum Gasteiger partial charge on any atom is -0.389 e.